The Balaban J connectivity index is 1.90. The Morgan fingerprint density at radius 2 is 1.92 bits per heavy atom. The van der Waals surface area contributed by atoms with Crippen LogP contribution in [0, 0.1) is 0 Å². The molecule has 5 N–H and O–H groups in total. The highest BCUT2D eigenvalue weighted by Crippen LogP contribution is 2.36. The third-order valence-corrected chi connectivity index (χ3v) is 8.41. The highest BCUT2D eigenvalue weighted by Gasteiger charge is 2.52. The van der Waals surface area contributed by atoms with E-state index in [4.69, 9.17) is 4.74 Å². The van der Waals surface area contributed by atoms with Gasteiger partial charge in [-0.2, -0.15) is 0 Å². The molecule has 1 saturated carbocycles. The summed E-state index contributed by atoms with van der Waals surface area (Å²) in [5, 5.41) is 13.2. The first-order valence-electron chi connectivity index (χ1n) is 12.3. The van der Waals surface area contributed by atoms with Crippen LogP contribution in [0.15, 0.2) is 12.2 Å². The first-order valence-corrected chi connectivity index (χ1v) is 14.8. The van der Waals surface area contributed by atoms with Crippen LogP contribution in [0.4, 0.5) is 0 Å². The van der Waals surface area contributed by atoms with Crippen molar-refractivity contribution in [3.05, 3.63) is 12.2 Å². The molecule has 1 spiro atoms. The molecule has 0 radical (unpaired) electrons. The molecule has 1 saturated heterocycles. The Morgan fingerprint density at radius 1 is 1.14 bits per heavy atom. The van der Waals surface area contributed by atoms with E-state index in [0.29, 0.717) is 31.6 Å². The molecular formula is C23H33N5O7S2. The predicted molar refractivity (Wildman–Crippen MR) is 138 cm³/mol. The SMILES string of the molecule is CCNC(=O)CC[C@H]1NC(=O)C[C@H]2/C=C/CCSSC[C@@H](NC1=O)C(=O)NC1(CC1)C(=O)NCC(=O)O2. The van der Waals surface area contributed by atoms with Crippen LogP contribution < -0.4 is 26.6 Å². The number of hydrogen-bond acceptors (Lipinski definition) is 9. The number of rotatable bonds is 4. The Morgan fingerprint density at radius 3 is 2.65 bits per heavy atom. The normalized spacial score (nSPS) is 28.0. The molecule has 3 rings (SSSR count). The molecule has 2 bridgehead atoms. The number of amides is 5. The molecule has 0 aromatic rings. The molecule has 0 aromatic heterocycles. The molecule has 37 heavy (non-hydrogen) atoms. The number of carbonyl (C=O) groups excluding carboxylic acids is 6. The predicted octanol–water partition coefficient (Wildman–Crippen LogP) is -0.706. The van der Waals surface area contributed by atoms with Crippen molar-refractivity contribution in [1.82, 2.24) is 26.6 Å². The quantitative estimate of drug-likeness (QED) is 0.171. The van der Waals surface area contributed by atoms with E-state index in [1.807, 2.05) is 0 Å². The third kappa shape index (κ3) is 8.95. The molecule has 2 heterocycles. The third-order valence-electron chi connectivity index (χ3n) is 5.97. The minimum atomic E-state index is -1.14. The smallest absolute Gasteiger partial charge is 0.326 e. The molecule has 3 atom stereocenters. The van der Waals surface area contributed by atoms with E-state index in [2.05, 4.69) is 26.6 Å². The van der Waals surface area contributed by atoms with E-state index < -0.39 is 59.9 Å². The van der Waals surface area contributed by atoms with Gasteiger partial charge in [0, 0.05) is 24.5 Å². The second-order valence-electron chi connectivity index (χ2n) is 8.98. The van der Waals surface area contributed by atoms with Crippen molar-refractivity contribution in [2.24, 2.45) is 0 Å². The Labute approximate surface area is 223 Å². The highest BCUT2D eigenvalue weighted by atomic mass is 33.1. The van der Waals surface area contributed by atoms with Crippen LogP contribution >= 0.6 is 21.6 Å². The Bertz CT molecular complexity index is 940. The van der Waals surface area contributed by atoms with Crippen LogP contribution in [0.3, 0.4) is 0 Å². The molecule has 204 valence electrons. The second-order valence-corrected chi connectivity index (χ2v) is 11.6. The van der Waals surface area contributed by atoms with Crippen LogP contribution in [0.2, 0.25) is 0 Å². The van der Waals surface area contributed by atoms with E-state index >= 15 is 0 Å². The molecule has 0 aromatic carbocycles. The fourth-order valence-electron chi connectivity index (χ4n) is 3.80. The van der Waals surface area contributed by atoms with Gasteiger partial charge in [0.05, 0.1) is 6.42 Å². The maximum atomic E-state index is 13.2. The zero-order valence-corrected chi connectivity index (χ0v) is 22.3. The largest absolute Gasteiger partial charge is 0.456 e. The van der Waals surface area contributed by atoms with Gasteiger partial charge < -0.3 is 31.3 Å². The average Bonchev–Trinajstić information content (AvgIpc) is 3.63. The lowest BCUT2D eigenvalue weighted by atomic mass is 10.1. The van der Waals surface area contributed by atoms with Gasteiger partial charge in [0.2, 0.25) is 29.5 Å². The molecule has 0 unspecified atom stereocenters. The van der Waals surface area contributed by atoms with Gasteiger partial charge >= 0.3 is 5.97 Å². The Hall–Kier alpha value is -2.74. The minimum absolute atomic E-state index is 0.00623. The lowest BCUT2D eigenvalue weighted by Crippen LogP contribution is -2.59. The van der Waals surface area contributed by atoms with Crippen molar-refractivity contribution in [3.8, 4) is 0 Å². The summed E-state index contributed by atoms with van der Waals surface area (Å²) in [6, 6.07) is -2.08. The van der Waals surface area contributed by atoms with Crippen LogP contribution in [0.1, 0.15) is 45.4 Å². The van der Waals surface area contributed by atoms with Gasteiger partial charge in [-0.3, -0.25) is 28.8 Å². The molecule has 5 amide bonds. The van der Waals surface area contributed by atoms with Gasteiger partial charge in [-0.1, -0.05) is 27.7 Å². The fraction of sp³-hybridized carbons (Fsp3) is 0.652. The van der Waals surface area contributed by atoms with Gasteiger partial charge in [-0.15, -0.1) is 0 Å². The summed E-state index contributed by atoms with van der Waals surface area (Å²) >= 11 is 0. The standard InChI is InChI=1S/C23H33N5O7S2/c1-2-24-17(29)7-6-15-20(32)27-16-13-37-36-10-4-3-5-14(11-18(30)26-15)35-19(31)12-25-22(34)23(8-9-23)28-21(16)33/h3,5,14-16H,2,4,6-13H2,1H3,(H,24,29)(H,25,34)(H,26,30)(H,27,32)(H,28,33)/b5-3+/t14-,15-,16-/m1/s1. The number of ether oxygens (including phenoxy) is 1. The number of esters is 1. The van der Waals surface area contributed by atoms with E-state index in [1.165, 1.54) is 21.6 Å². The molecule has 12 nitrogen and oxygen atoms in total. The zero-order valence-electron chi connectivity index (χ0n) is 20.6. The summed E-state index contributed by atoms with van der Waals surface area (Å²) in [6.45, 7) is 1.78. The summed E-state index contributed by atoms with van der Waals surface area (Å²) in [5.74, 6) is -2.33. The summed E-state index contributed by atoms with van der Waals surface area (Å²) in [6.07, 6.45) is 3.67. The van der Waals surface area contributed by atoms with Crippen molar-refractivity contribution in [3.63, 3.8) is 0 Å². The van der Waals surface area contributed by atoms with Gasteiger partial charge in [0.15, 0.2) is 0 Å². The molecule has 2 fully saturated rings. The van der Waals surface area contributed by atoms with Crippen molar-refractivity contribution >= 4 is 57.1 Å². The lowest BCUT2D eigenvalue weighted by molar-refractivity contribution is -0.148. The Kier molecular flexibility index (Phi) is 10.7. The van der Waals surface area contributed by atoms with E-state index in [9.17, 15) is 28.8 Å². The molecule has 1 aliphatic carbocycles. The second kappa shape index (κ2) is 13.7. The van der Waals surface area contributed by atoms with Crippen LogP contribution in [0.25, 0.3) is 0 Å². The fourth-order valence-corrected chi connectivity index (χ4v) is 5.95. The van der Waals surface area contributed by atoms with Crippen molar-refractivity contribution in [1.29, 1.82) is 0 Å². The molecule has 14 heteroatoms. The molecular weight excluding hydrogens is 522 g/mol. The summed E-state index contributed by atoms with van der Waals surface area (Å²) in [7, 11) is 2.91. The highest BCUT2D eigenvalue weighted by molar-refractivity contribution is 8.76. The average molecular weight is 556 g/mol. The maximum Gasteiger partial charge on any atom is 0.326 e. The van der Waals surface area contributed by atoms with Crippen molar-refractivity contribution in [2.75, 3.05) is 24.6 Å². The number of allylic oxidation sites excluding steroid dienone is 1. The van der Waals surface area contributed by atoms with E-state index in [1.54, 1.807) is 19.1 Å². The number of fused-ring (bicyclic) bond motifs is 7. The van der Waals surface area contributed by atoms with Crippen molar-refractivity contribution in [2.45, 2.75) is 69.2 Å². The van der Waals surface area contributed by atoms with Gasteiger partial charge in [-0.05, 0) is 38.7 Å². The number of hydrogen-bond donors (Lipinski definition) is 5. The van der Waals surface area contributed by atoms with Gasteiger partial charge in [-0.25, -0.2) is 0 Å². The summed E-state index contributed by atoms with van der Waals surface area (Å²) < 4.78 is 5.42. The first-order chi connectivity index (χ1) is 17.7. The minimum Gasteiger partial charge on any atom is -0.456 e. The summed E-state index contributed by atoms with van der Waals surface area (Å²) in [4.78, 5) is 76.5. The van der Waals surface area contributed by atoms with Gasteiger partial charge in [0.25, 0.3) is 0 Å². The maximum absolute atomic E-state index is 13.2. The lowest BCUT2D eigenvalue weighted by Gasteiger charge is -2.26. The summed E-state index contributed by atoms with van der Waals surface area (Å²) in [5.41, 5.74) is -1.14. The first kappa shape index (κ1) is 28.8. The van der Waals surface area contributed by atoms with Crippen LogP contribution in [-0.4, -0.2) is 83.8 Å². The van der Waals surface area contributed by atoms with Crippen molar-refractivity contribution < 1.29 is 33.5 Å². The number of carbonyl (C=O) groups is 6. The zero-order chi connectivity index (χ0) is 26.8. The number of nitrogens with one attached hydrogen (secondary N) is 5. The van der Waals surface area contributed by atoms with E-state index in [0.717, 1.165) is 0 Å². The van der Waals surface area contributed by atoms with Crippen LogP contribution in [0.5, 0.6) is 0 Å². The monoisotopic (exact) mass is 555 g/mol. The van der Waals surface area contributed by atoms with Gasteiger partial charge in [0.1, 0.15) is 30.3 Å². The molecule has 2 aliphatic heterocycles. The molecule has 3 aliphatic rings. The topological polar surface area (TPSA) is 172 Å². The van der Waals surface area contributed by atoms with E-state index in [-0.39, 0.29) is 30.9 Å². The van der Waals surface area contributed by atoms with Crippen LogP contribution in [-0.2, 0) is 33.5 Å².